The molecule has 1 fully saturated rings. The van der Waals surface area contributed by atoms with Crippen molar-refractivity contribution in [2.75, 3.05) is 37.6 Å². The number of β-amino-alcohol motifs (C(OH)–C–C–N with tert-alkyl or cyclic N) is 1. The number of nitrogens with zero attached hydrogens (tertiary/aromatic N) is 4. The van der Waals surface area contributed by atoms with Gasteiger partial charge in [-0.3, -0.25) is 4.90 Å². The molecule has 2 aromatic heterocycles. The minimum atomic E-state index is -0.408. The van der Waals surface area contributed by atoms with Gasteiger partial charge in [0, 0.05) is 38.8 Å². The Morgan fingerprint density at radius 2 is 2.23 bits per heavy atom. The van der Waals surface area contributed by atoms with Gasteiger partial charge in [-0.2, -0.15) is 0 Å². The normalized spacial score (nSPS) is 19.7. The maximum atomic E-state index is 10.3. The number of rotatable bonds is 2. The first-order valence-corrected chi connectivity index (χ1v) is 7.67. The van der Waals surface area contributed by atoms with E-state index in [4.69, 9.17) is 0 Å². The first-order valence-electron chi connectivity index (χ1n) is 7.67. The van der Waals surface area contributed by atoms with E-state index in [1.165, 1.54) is 0 Å². The Bertz CT molecular complexity index is 686. The smallest absolute Gasteiger partial charge is 0.142 e. The molecule has 0 unspecified atom stereocenters. The van der Waals surface area contributed by atoms with Crippen molar-refractivity contribution in [3.8, 4) is 11.8 Å². The highest BCUT2D eigenvalue weighted by molar-refractivity contribution is 5.87. The van der Waals surface area contributed by atoms with E-state index >= 15 is 0 Å². The van der Waals surface area contributed by atoms with Crippen LogP contribution in [-0.2, 0) is 0 Å². The lowest BCUT2D eigenvalue weighted by Gasteiger charge is -2.23. The van der Waals surface area contributed by atoms with Crippen LogP contribution in [0.2, 0.25) is 0 Å². The average Bonchev–Trinajstić information content (AvgIpc) is 2.92. The summed E-state index contributed by atoms with van der Waals surface area (Å²) in [6.07, 6.45) is 3.89. The first-order chi connectivity index (χ1) is 10.8. The molecular formula is C16H21N5O. The summed E-state index contributed by atoms with van der Waals surface area (Å²) in [7, 11) is 0. The molecule has 1 saturated heterocycles. The van der Waals surface area contributed by atoms with Gasteiger partial charge in [0.25, 0.3) is 0 Å². The van der Waals surface area contributed by atoms with Crippen LogP contribution in [-0.4, -0.2) is 63.8 Å². The van der Waals surface area contributed by atoms with Crippen molar-refractivity contribution < 1.29 is 5.11 Å². The van der Waals surface area contributed by atoms with Gasteiger partial charge >= 0.3 is 0 Å². The molecule has 0 amide bonds. The third-order valence-electron chi connectivity index (χ3n) is 3.82. The van der Waals surface area contributed by atoms with E-state index in [2.05, 4.69) is 36.6 Å². The minimum Gasteiger partial charge on any atom is -0.390 e. The predicted molar refractivity (Wildman–Crippen MR) is 86.6 cm³/mol. The first kappa shape index (κ1) is 14.8. The van der Waals surface area contributed by atoms with Crippen molar-refractivity contribution in [2.45, 2.75) is 19.4 Å². The van der Waals surface area contributed by atoms with E-state index in [1.54, 1.807) is 6.33 Å². The van der Waals surface area contributed by atoms with E-state index in [-0.39, 0.29) is 0 Å². The van der Waals surface area contributed by atoms with Crippen LogP contribution in [0.4, 0.5) is 5.82 Å². The third kappa shape index (κ3) is 3.21. The number of hydrogen-bond acceptors (Lipinski definition) is 5. The van der Waals surface area contributed by atoms with Gasteiger partial charge in [0.05, 0.1) is 18.0 Å². The molecule has 0 radical (unpaired) electrons. The Morgan fingerprint density at radius 3 is 3.09 bits per heavy atom. The molecule has 1 atom stereocenters. The van der Waals surface area contributed by atoms with Crippen molar-refractivity contribution in [1.82, 2.24) is 19.9 Å². The molecule has 6 heteroatoms. The fraction of sp³-hybridized carbons (Fsp3) is 0.500. The highest BCUT2D eigenvalue weighted by Gasteiger charge is 2.23. The Morgan fingerprint density at radius 1 is 1.32 bits per heavy atom. The molecule has 0 bridgehead atoms. The van der Waals surface area contributed by atoms with E-state index in [0.29, 0.717) is 19.6 Å². The number of aliphatic hydroxyl groups excluding tert-OH is 1. The van der Waals surface area contributed by atoms with Gasteiger partial charge in [-0.1, -0.05) is 12.8 Å². The monoisotopic (exact) mass is 299 g/mol. The number of aromatic nitrogens is 3. The zero-order valence-corrected chi connectivity index (χ0v) is 12.8. The number of anilines is 1. The van der Waals surface area contributed by atoms with E-state index in [0.717, 1.165) is 36.4 Å². The standard InChI is InChI=1S/C16H21N5O/c1-2-3-4-7-20-8-9-21(11-13(22)10-20)16-14-5-6-17-15(14)18-12-19-16/h5-6,12-13,22H,2,7-11H2,1H3,(H,17,18,19)/t13-/m0/s1. The second kappa shape index (κ2) is 6.77. The quantitative estimate of drug-likeness (QED) is 0.805. The molecular weight excluding hydrogens is 278 g/mol. The fourth-order valence-electron chi connectivity index (χ4n) is 2.79. The molecule has 1 aliphatic rings. The third-order valence-corrected chi connectivity index (χ3v) is 3.82. The molecule has 0 saturated carbocycles. The molecule has 0 spiro atoms. The lowest BCUT2D eigenvalue weighted by atomic mass is 10.3. The average molecular weight is 299 g/mol. The molecule has 22 heavy (non-hydrogen) atoms. The van der Waals surface area contributed by atoms with Gasteiger partial charge in [-0.05, 0) is 6.07 Å². The number of aromatic amines is 1. The van der Waals surface area contributed by atoms with Gasteiger partial charge in [0.1, 0.15) is 17.8 Å². The second-order valence-electron chi connectivity index (χ2n) is 5.48. The van der Waals surface area contributed by atoms with Crippen molar-refractivity contribution >= 4 is 16.9 Å². The van der Waals surface area contributed by atoms with Gasteiger partial charge in [-0.25, -0.2) is 9.97 Å². The summed E-state index contributed by atoms with van der Waals surface area (Å²) in [6.45, 7) is 5.67. The summed E-state index contributed by atoms with van der Waals surface area (Å²) < 4.78 is 0. The van der Waals surface area contributed by atoms with Crippen LogP contribution in [0.5, 0.6) is 0 Å². The highest BCUT2D eigenvalue weighted by atomic mass is 16.3. The highest BCUT2D eigenvalue weighted by Crippen LogP contribution is 2.23. The number of H-pyrrole nitrogens is 1. The molecule has 3 rings (SSSR count). The molecule has 116 valence electrons. The van der Waals surface area contributed by atoms with Gasteiger partial charge in [0.15, 0.2) is 0 Å². The Kier molecular flexibility index (Phi) is 4.56. The summed E-state index contributed by atoms with van der Waals surface area (Å²) in [6, 6.07) is 1.98. The molecule has 3 heterocycles. The zero-order valence-electron chi connectivity index (χ0n) is 12.8. The number of aliphatic hydroxyl groups is 1. The Hall–Kier alpha value is -2.10. The topological polar surface area (TPSA) is 68.3 Å². The van der Waals surface area contributed by atoms with Crippen LogP contribution < -0.4 is 4.90 Å². The van der Waals surface area contributed by atoms with Crippen LogP contribution in [0.25, 0.3) is 11.0 Å². The number of fused-ring (bicyclic) bond motifs is 1. The predicted octanol–water partition coefficient (Wildman–Crippen LogP) is 0.854. The molecule has 0 aromatic carbocycles. The maximum Gasteiger partial charge on any atom is 0.142 e. The number of nitrogens with one attached hydrogen (secondary N) is 1. The molecule has 0 aliphatic carbocycles. The largest absolute Gasteiger partial charge is 0.390 e. The summed E-state index contributed by atoms with van der Waals surface area (Å²) >= 11 is 0. The van der Waals surface area contributed by atoms with Crippen LogP contribution in [0.15, 0.2) is 18.6 Å². The maximum absolute atomic E-state index is 10.3. The lowest BCUT2D eigenvalue weighted by Crippen LogP contribution is -2.34. The molecule has 6 nitrogen and oxygen atoms in total. The summed E-state index contributed by atoms with van der Waals surface area (Å²) in [5, 5.41) is 11.3. The second-order valence-corrected chi connectivity index (χ2v) is 5.48. The summed E-state index contributed by atoms with van der Waals surface area (Å²) in [5.74, 6) is 7.11. The van der Waals surface area contributed by atoms with E-state index in [9.17, 15) is 5.11 Å². The van der Waals surface area contributed by atoms with Crippen molar-refractivity contribution in [2.24, 2.45) is 0 Å². The van der Waals surface area contributed by atoms with Crippen LogP contribution in [0, 0.1) is 11.8 Å². The van der Waals surface area contributed by atoms with Crippen LogP contribution in [0.1, 0.15) is 13.3 Å². The zero-order chi connectivity index (χ0) is 15.4. The summed E-state index contributed by atoms with van der Waals surface area (Å²) in [5.41, 5.74) is 0.828. The SMILES string of the molecule is CCC#CCN1CCN(c2ncnc3[nH]ccc23)C[C@@H](O)C1. The van der Waals surface area contributed by atoms with E-state index < -0.39 is 6.10 Å². The van der Waals surface area contributed by atoms with Crippen LogP contribution >= 0.6 is 0 Å². The minimum absolute atomic E-state index is 0.408. The Balaban J connectivity index is 1.77. The Labute approximate surface area is 130 Å². The van der Waals surface area contributed by atoms with Crippen molar-refractivity contribution in [1.29, 1.82) is 0 Å². The van der Waals surface area contributed by atoms with Gasteiger partial charge < -0.3 is 15.0 Å². The molecule has 2 aromatic rings. The molecule has 1 aliphatic heterocycles. The summed E-state index contributed by atoms with van der Waals surface area (Å²) in [4.78, 5) is 16.1. The van der Waals surface area contributed by atoms with Crippen molar-refractivity contribution in [3.05, 3.63) is 18.6 Å². The fourth-order valence-corrected chi connectivity index (χ4v) is 2.79. The number of hydrogen-bond donors (Lipinski definition) is 2. The lowest BCUT2D eigenvalue weighted by molar-refractivity contribution is 0.140. The van der Waals surface area contributed by atoms with E-state index in [1.807, 2.05) is 19.2 Å². The van der Waals surface area contributed by atoms with Crippen molar-refractivity contribution in [3.63, 3.8) is 0 Å². The molecule has 2 N–H and O–H groups in total. The van der Waals surface area contributed by atoms with Gasteiger partial charge in [0.2, 0.25) is 0 Å². The van der Waals surface area contributed by atoms with Gasteiger partial charge in [-0.15, -0.1) is 5.92 Å². The van der Waals surface area contributed by atoms with Crippen LogP contribution in [0.3, 0.4) is 0 Å².